The number of ether oxygens (including phenoxy) is 1. The first-order valence-electron chi connectivity index (χ1n) is 5.37. The maximum atomic E-state index is 13.5. The summed E-state index contributed by atoms with van der Waals surface area (Å²) in [5.41, 5.74) is 0.524. The minimum atomic E-state index is -0.609. The molecule has 1 aromatic carbocycles. The van der Waals surface area contributed by atoms with E-state index >= 15 is 0 Å². The summed E-state index contributed by atoms with van der Waals surface area (Å²) in [4.78, 5) is 7.54. The van der Waals surface area contributed by atoms with Gasteiger partial charge in [-0.15, -0.1) is 0 Å². The van der Waals surface area contributed by atoms with Gasteiger partial charge >= 0.3 is 6.01 Å². The third-order valence-corrected chi connectivity index (χ3v) is 2.10. The van der Waals surface area contributed by atoms with E-state index in [4.69, 9.17) is 4.74 Å². The highest BCUT2D eigenvalue weighted by molar-refractivity contribution is 5.56. The minimum Gasteiger partial charge on any atom is -0.464 e. The van der Waals surface area contributed by atoms with E-state index in [9.17, 15) is 8.78 Å². The molecular formula is C12H11F2N3O. The highest BCUT2D eigenvalue weighted by atomic mass is 19.1. The van der Waals surface area contributed by atoms with Gasteiger partial charge in [0.05, 0.1) is 12.8 Å². The van der Waals surface area contributed by atoms with E-state index in [1.54, 1.807) is 6.92 Å². The van der Waals surface area contributed by atoms with E-state index in [0.29, 0.717) is 12.3 Å². The van der Waals surface area contributed by atoms with Crippen molar-refractivity contribution in [2.24, 2.45) is 0 Å². The minimum absolute atomic E-state index is 0.0138. The number of hydrogen-bond donors (Lipinski definition) is 1. The molecular weight excluding hydrogens is 240 g/mol. The second-order valence-electron chi connectivity index (χ2n) is 3.41. The fraction of sp³-hybridized carbons (Fsp3) is 0.167. The van der Waals surface area contributed by atoms with Gasteiger partial charge < -0.3 is 10.1 Å². The monoisotopic (exact) mass is 251 g/mol. The summed E-state index contributed by atoms with van der Waals surface area (Å²) >= 11 is 0. The standard InChI is InChI=1S/C12H11F2N3O/c1-2-18-12-15-7-10(14)11(17-12)16-9-5-3-8(13)4-6-9/h3-7H,2H2,1H3,(H,15,16,17). The first kappa shape index (κ1) is 12.2. The lowest BCUT2D eigenvalue weighted by atomic mass is 10.3. The van der Waals surface area contributed by atoms with Gasteiger partial charge in [-0.2, -0.15) is 4.98 Å². The molecule has 0 fully saturated rings. The van der Waals surface area contributed by atoms with Crippen LogP contribution in [0.3, 0.4) is 0 Å². The molecule has 0 aliphatic rings. The average Bonchev–Trinajstić information content (AvgIpc) is 2.36. The molecule has 0 radical (unpaired) electrons. The van der Waals surface area contributed by atoms with Gasteiger partial charge in [0.2, 0.25) is 0 Å². The second-order valence-corrected chi connectivity index (χ2v) is 3.41. The zero-order chi connectivity index (χ0) is 13.0. The van der Waals surface area contributed by atoms with E-state index in [-0.39, 0.29) is 17.6 Å². The topological polar surface area (TPSA) is 47.0 Å². The van der Waals surface area contributed by atoms with Crippen LogP contribution in [0.15, 0.2) is 30.5 Å². The SMILES string of the molecule is CCOc1ncc(F)c(Nc2ccc(F)cc2)n1. The number of rotatable bonds is 4. The summed E-state index contributed by atoms with van der Waals surface area (Å²) < 4.78 is 31.2. The van der Waals surface area contributed by atoms with Crippen LogP contribution >= 0.6 is 0 Å². The molecule has 0 saturated carbocycles. The number of benzene rings is 1. The number of hydrogen-bond acceptors (Lipinski definition) is 4. The van der Waals surface area contributed by atoms with Gasteiger partial charge in [-0.3, -0.25) is 0 Å². The van der Waals surface area contributed by atoms with Gasteiger partial charge in [-0.25, -0.2) is 13.8 Å². The summed E-state index contributed by atoms with van der Waals surface area (Å²) in [6.07, 6.45) is 1.02. The van der Waals surface area contributed by atoms with E-state index in [1.165, 1.54) is 24.3 Å². The number of halogens is 2. The summed E-state index contributed by atoms with van der Waals surface area (Å²) in [5, 5.41) is 2.73. The molecule has 1 aromatic heterocycles. The normalized spacial score (nSPS) is 10.2. The third kappa shape index (κ3) is 2.91. The van der Waals surface area contributed by atoms with E-state index in [1.807, 2.05) is 0 Å². The molecule has 0 amide bonds. The number of aromatic nitrogens is 2. The fourth-order valence-electron chi connectivity index (χ4n) is 1.31. The van der Waals surface area contributed by atoms with Crippen LogP contribution in [0.1, 0.15) is 6.92 Å². The average molecular weight is 251 g/mol. The smallest absolute Gasteiger partial charge is 0.318 e. The zero-order valence-corrected chi connectivity index (χ0v) is 9.65. The molecule has 0 aliphatic heterocycles. The first-order valence-corrected chi connectivity index (χ1v) is 5.37. The van der Waals surface area contributed by atoms with E-state index in [2.05, 4.69) is 15.3 Å². The molecule has 0 unspecified atom stereocenters. The fourth-order valence-corrected chi connectivity index (χ4v) is 1.31. The van der Waals surface area contributed by atoms with Gasteiger partial charge in [0.15, 0.2) is 11.6 Å². The van der Waals surface area contributed by atoms with Crippen molar-refractivity contribution in [1.29, 1.82) is 0 Å². The molecule has 0 saturated heterocycles. The zero-order valence-electron chi connectivity index (χ0n) is 9.65. The van der Waals surface area contributed by atoms with Gasteiger partial charge in [0, 0.05) is 5.69 Å². The van der Waals surface area contributed by atoms with Crippen LogP contribution in [0.25, 0.3) is 0 Å². The summed E-state index contributed by atoms with van der Waals surface area (Å²) in [6, 6.07) is 5.59. The van der Waals surface area contributed by atoms with Crippen LogP contribution in [0.4, 0.5) is 20.3 Å². The van der Waals surface area contributed by atoms with E-state index in [0.717, 1.165) is 6.20 Å². The number of nitrogens with zero attached hydrogens (tertiary/aromatic N) is 2. The lowest BCUT2D eigenvalue weighted by Crippen LogP contribution is -2.03. The van der Waals surface area contributed by atoms with Gasteiger partial charge in [0.1, 0.15) is 5.82 Å². The highest BCUT2D eigenvalue weighted by Gasteiger charge is 2.07. The van der Waals surface area contributed by atoms with Crippen LogP contribution in [-0.4, -0.2) is 16.6 Å². The largest absolute Gasteiger partial charge is 0.464 e. The third-order valence-electron chi connectivity index (χ3n) is 2.10. The Bertz CT molecular complexity index is 531. The highest BCUT2D eigenvalue weighted by Crippen LogP contribution is 2.19. The van der Waals surface area contributed by atoms with Gasteiger partial charge in [-0.1, -0.05) is 0 Å². The van der Waals surface area contributed by atoms with Gasteiger partial charge in [-0.05, 0) is 31.2 Å². The molecule has 1 N–H and O–H groups in total. The van der Waals surface area contributed by atoms with Crippen molar-refractivity contribution in [3.05, 3.63) is 42.1 Å². The van der Waals surface area contributed by atoms with Crippen LogP contribution in [0.2, 0.25) is 0 Å². The van der Waals surface area contributed by atoms with Crippen molar-refractivity contribution in [2.45, 2.75) is 6.92 Å². The Morgan fingerprint density at radius 3 is 2.61 bits per heavy atom. The molecule has 2 rings (SSSR count). The molecule has 18 heavy (non-hydrogen) atoms. The van der Waals surface area contributed by atoms with Crippen molar-refractivity contribution in [1.82, 2.24) is 9.97 Å². The Labute approximate surface area is 103 Å². The van der Waals surface area contributed by atoms with Crippen LogP contribution in [0, 0.1) is 11.6 Å². The molecule has 0 atom stereocenters. The first-order chi connectivity index (χ1) is 8.69. The summed E-state index contributed by atoms with van der Waals surface area (Å²) in [5.74, 6) is -0.985. The van der Waals surface area contributed by atoms with E-state index < -0.39 is 5.82 Å². The number of anilines is 2. The molecule has 0 bridgehead atoms. The molecule has 4 nitrogen and oxygen atoms in total. The molecule has 1 heterocycles. The number of nitrogens with one attached hydrogen (secondary N) is 1. The lowest BCUT2D eigenvalue weighted by molar-refractivity contribution is 0.311. The summed E-state index contributed by atoms with van der Waals surface area (Å²) in [6.45, 7) is 2.17. The Balaban J connectivity index is 2.22. The molecule has 2 aromatic rings. The predicted molar refractivity (Wildman–Crippen MR) is 62.8 cm³/mol. The Kier molecular flexibility index (Phi) is 3.66. The van der Waals surface area contributed by atoms with Crippen molar-refractivity contribution < 1.29 is 13.5 Å². The Morgan fingerprint density at radius 1 is 1.22 bits per heavy atom. The maximum Gasteiger partial charge on any atom is 0.318 e. The van der Waals surface area contributed by atoms with Crippen molar-refractivity contribution in [3.63, 3.8) is 0 Å². The van der Waals surface area contributed by atoms with Crippen molar-refractivity contribution in [2.75, 3.05) is 11.9 Å². The maximum absolute atomic E-state index is 13.5. The van der Waals surface area contributed by atoms with Gasteiger partial charge in [0.25, 0.3) is 0 Å². The van der Waals surface area contributed by atoms with Crippen LogP contribution in [0.5, 0.6) is 6.01 Å². The Hall–Kier alpha value is -2.24. The summed E-state index contributed by atoms with van der Waals surface area (Å²) in [7, 11) is 0. The quantitative estimate of drug-likeness (QED) is 0.907. The molecule has 0 aliphatic carbocycles. The second kappa shape index (κ2) is 5.39. The van der Waals surface area contributed by atoms with Crippen LogP contribution in [-0.2, 0) is 0 Å². The van der Waals surface area contributed by atoms with Crippen molar-refractivity contribution >= 4 is 11.5 Å². The Morgan fingerprint density at radius 2 is 1.94 bits per heavy atom. The molecule has 94 valence electrons. The van der Waals surface area contributed by atoms with Crippen molar-refractivity contribution in [3.8, 4) is 6.01 Å². The lowest BCUT2D eigenvalue weighted by Gasteiger charge is -2.07. The van der Waals surface area contributed by atoms with Crippen LogP contribution < -0.4 is 10.1 Å². The molecule has 0 spiro atoms. The predicted octanol–water partition coefficient (Wildman–Crippen LogP) is 2.90. The molecule has 6 heteroatoms.